The van der Waals surface area contributed by atoms with Gasteiger partial charge in [0, 0.05) is 57.6 Å². The molecule has 1 aromatic heterocycles. The zero-order valence-electron chi connectivity index (χ0n) is 27.2. The van der Waals surface area contributed by atoms with Gasteiger partial charge in [-0.25, -0.2) is 9.78 Å². The van der Waals surface area contributed by atoms with E-state index in [0.717, 1.165) is 24.2 Å². The quantitative estimate of drug-likeness (QED) is 0.296. The van der Waals surface area contributed by atoms with E-state index >= 15 is 0 Å². The molecule has 2 atom stereocenters. The fourth-order valence-corrected chi connectivity index (χ4v) is 7.30. The molecule has 0 radical (unpaired) electrons. The Kier molecular flexibility index (Phi) is 13.0. The molecule has 4 rings (SSSR count). The molecule has 2 aromatic rings. The Labute approximate surface area is 271 Å². The van der Waals surface area contributed by atoms with Crippen LogP contribution in [0.5, 0.6) is 0 Å². The smallest absolute Gasteiger partial charge is 0.409 e. The van der Waals surface area contributed by atoms with E-state index in [4.69, 9.17) is 23.5 Å². The first-order chi connectivity index (χ1) is 22.2. The van der Waals surface area contributed by atoms with E-state index in [0.29, 0.717) is 25.3 Å². The van der Waals surface area contributed by atoms with Gasteiger partial charge in [0.05, 0.1) is 37.8 Å². The number of benzene rings is 1. The maximum Gasteiger partial charge on any atom is 0.409 e. The van der Waals surface area contributed by atoms with Crippen molar-refractivity contribution in [3.8, 4) is 11.3 Å². The largest absolute Gasteiger partial charge is 0.450 e. The SMILES string of the molecule is CCOC(=O)N1CCN(C(=O)C(CCP(=O)(OCC)OCC)NC(=O)c2cc(N3CCC(OC)C3)cc(-c3ccccc3)n2)CC1. The molecule has 2 aliphatic rings. The number of carbonyl (C=O) groups is 3. The van der Waals surface area contributed by atoms with Crippen LogP contribution in [0.4, 0.5) is 10.5 Å². The summed E-state index contributed by atoms with van der Waals surface area (Å²) in [6, 6.07) is 12.2. The van der Waals surface area contributed by atoms with Gasteiger partial charge in [-0.1, -0.05) is 30.3 Å². The zero-order chi connectivity index (χ0) is 33.1. The molecule has 2 aliphatic heterocycles. The summed E-state index contributed by atoms with van der Waals surface area (Å²) in [5, 5.41) is 2.88. The molecule has 46 heavy (non-hydrogen) atoms. The second-order valence-electron chi connectivity index (χ2n) is 11.1. The molecule has 1 aromatic carbocycles. The van der Waals surface area contributed by atoms with Crippen molar-refractivity contribution in [1.82, 2.24) is 20.1 Å². The summed E-state index contributed by atoms with van der Waals surface area (Å²) in [5.74, 6) is -0.883. The van der Waals surface area contributed by atoms with Crippen LogP contribution in [-0.4, -0.2) is 117 Å². The topological polar surface area (TPSA) is 140 Å². The Balaban J connectivity index is 1.59. The standard InChI is InChI=1S/C32H46N5O8P/c1-5-43-32(40)36-18-16-35(17-19-36)31(39)27(14-20-46(41,44-6-2)45-7-3)34-30(38)29-22-25(37-15-13-26(23-37)42-4)21-28(33-29)24-11-9-8-10-12-24/h8-12,21-22,26-27H,5-7,13-20,23H2,1-4H3,(H,34,38). The lowest BCUT2D eigenvalue weighted by atomic mass is 10.1. The Hall–Kier alpha value is -3.51. The predicted octanol–water partition coefficient (Wildman–Crippen LogP) is 4.03. The number of rotatable bonds is 14. The van der Waals surface area contributed by atoms with Gasteiger partial charge in [-0.15, -0.1) is 0 Å². The first kappa shape index (κ1) is 35.3. The summed E-state index contributed by atoms with van der Waals surface area (Å²) in [7, 11) is -1.81. The highest BCUT2D eigenvalue weighted by atomic mass is 31.2. The second kappa shape index (κ2) is 16.9. The van der Waals surface area contributed by atoms with Crippen LogP contribution in [-0.2, 0) is 27.9 Å². The number of ether oxygens (including phenoxy) is 2. The summed E-state index contributed by atoms with van der Waals surface area (Å²) < 4.78 is 34.9. The Bertz CT molecular complexity index is 1360. The minimum Gasteiger partial charge on any atom is -0.450 e. The van der Waals surface area contributed by atoms with Crippen molar-refractivity contribution in [3.63, 3.8) is 0 Å². The minimum absolute atomic E-state index is 0.0207. The van der Waals surface area contributed by atoms with E-state index in [1.54, 1.807) is 43.7 Å². The maximum absolute atomic E-state index is 13.9. The predicted molar refractivity (Wildman–Crippen MR) is 174 cm³/mol. The molecule has 0 spiro atoms. The van der Waals surface area contributed by atoms with Gasteiger partial charge in [0.25, 0.3) is 5.91 Å². The van der Waals surface area contributed by atoms with Gasteiger partial charge in [-0.2, -0.15) is 0 Å². The van der Waals surface area contributed by atoms with E-state index < -0.39 is 25.6 Å². The zero-order valence-corrected chi connectivity index (χ0v) is 28.1. The van der Waals surface area contributed by atoms with Crippen LogP contribution in [0.2, 0.25) is 0 Å². The Morgan fingerprint density at radius 1 is 0.957 bits per heavy atom. The molecule has 3 amide bonds. The highest BCUT2D eigenvalue weighted by Gasteiger charge is 2.34. The van der Waals surface area contributed by atoms with Crippen molar-refractivity contribution < 1.29 is 37.5 Å². The monoisotopic (exact) mass is 659 g/mol. The van der Waals surface area contributed by atoms with Crippen molar-refractivity contribution in [1.29, 1.82) is 0 Å². The number of methoxy groups -OCH3 is 1. The van der Waals surface area contributed by atoms with Gasteiger partial charge in [-0.3, -0.25) is 14.2 Å². The van der Waals surface area contributed by atoms with Gasteiger partial charge in [0.2, 0.25) is 5.91 Å². The third-order valence-electron chi connectivity index (χ3n) is 8.02. The summed E-state index contributed by atoms with van der Waals surface area (Å²) in [6.45, 7) is 8.36. The average molecular weight is 660 g/mol. The van der Waals surface area contributed by atoms with E-state index in [2.05, 4.69) is 10.2 Å². The molecule has 2 unspecified atom stereocenters. The van der Waals surface area contributed by atoms with Crippen molar-refractivity contribution in [2.75, 3.05) is 77.3 Å². The van der Waals surface area contributed by atoms with Gasteiger partial charge in [0.1, 0.15) is 11.7 Å². The number of nitrogens with zero attached hydrogens (tertiary/aromatic N) is 4. The van der Waals surface area contributed by atoms with Crippen LogP contribution in [0.25, 0.3) is 11.3 Å². The number of amides is 3. The summed E-state index contributed by atoms with van der Waals surface area (Å²) >= 11 is 0. The fraction of sp³-hybridized carbons (Fsp3) is 0.562. The third-order valence-corrected chi connectivity index (χ3v) is 10.1. The molecular weight excluding hydrogens is 613 g/mol. The number of anilines is 1. The lowest BCUT2D eigenvalue weighted by Gasteiger charge is -2.36. The molecule has 3 heterocycles. The van der Waals surface area contributed by atoms with E-state index in [9.17, 15) is 18.9 Å². The average Bonchev–Trinajstić information content (AvgIpc) is 3.56. The maximum atomic E-state index is 13.9. The van der Waals surface area contributed by atoms with Crippen LogP contribution in [0.1, 0.15) is 44.1 Å². The summed E-state index contributed by atoms with van der Waals surface area (Å²) in [4.78, 5) is 50.0. The number of carbonyl (C=O) groups excluding carboxylic acids is 3. The lowest BCUT2D eigenvalue weighted by Crippen LogP contribution is -2.56. The Morgan fingerprint density at radius 3 is 2.24 bits per heavy atom. The van der Waals surface area contributed by atoms with Crippen LogP contribution in [0.3, 0.4) is 0 Å². The number of piperazine rings is 1. The minimum atomic E-state index is -3.50. The summed E-state index contributed by atoms with van der Waals surface area (Å²) in [6.07, 6.45) is 0.475. The van der Waals surface area contributed by atoms with Gasteiger partial charge >= 0.3 is 13.7 Å². The van der Waals surface area contributed by atoms with Crippen molar-refractivity contribution >= 4 is 31.2 Å². The van der Waals surface area contributed by atoms with Crippen LogP contribution in [0, 0.1) is 0 Å². The first-order valence-corrected chi connectivity index (χ1v) is 17.7. The molecule has 0 saturated carbocycles. The van der Waals surface area contributed by atoms with Crippen LogP contribution >= 0.6 is 7.60 Å². The van der Waals surface area contributed by atoms with Gasteiger partial charge in [-0.05, 0) is 45.7 Å². The highest BCUT2D eigenvalue weighted by Crippen LogP contribution is 2.48. The molecule has 2 saturated heterocycles. The molecular formula is C32H46N5O8P. The van der Waals surface area contributed by atoms with E-state index in [1.807, 2.05) is 36.4 Å². The summed E-state index contributed by atoms with van der Waals surface area (Å²) in [5.41, 5.74) is 2.45. The van der Waals surface area contributed by atoms with Crippen LogP contribution < -0.4 is 10.2 Å². The van der Waals surface area contributed by atoms with Gasteiger partial charge < -0.3 is 38.5 Å². The van der Waals surface area contributed by atoms with Crippen molar-refractivity contribution in [3.05, 3.63) is 48.2 Å². The lowest BCUT2D eigenvalue weighted by molar-refractivity contribution is -0.134. The molecule has 13 nitrogen and oxygen atoms in total. The van der Waals surface area contributed by atoms with E-state index in [1.165, 1.54) is 0 Å². The first-order valence-electron chi connectivity index (χ1n) is 15.9. The number of hydrogen-bond acceptors (Lipinski definition) is 10. The van der Waals surface area contributed by atoms with Crippen molar-refractivity contribution in [2.45, 2.75) is 45.8 Å². The molecule has 2 fully saturated rings. The number of aromatic nitrogens is 1. The molecule has 1 N–H and O–H groups in total. The van der Waals surface area contributed by atoms with Crippen molar-refractivity contribution in [2.24, 2.45) is 0 Å². The second-order valence-corrected chi connectivity index (χ2v) is 13.2. The number of pyridine rings is 1. The van der Waals surface area contributed by atoms with Crippen LogP contribution in [0.15, 0.2) is 42.5 Å². The Morgan fingerprint density at radius 2 is 1.63 bits per heavy atom. The molecule has 0 bridgehead atoms. The van der Waals surface area contributed by atoms with Gasteiger partial charge in [0.15, 0.2) is 0 Å². The number of hydrogen-bond donors (Lipinski definition) is 1. The third kappa shape index (κ3) is 9.28. The number of nitrogens with one attached hydrogen (secondary N) is 1. The fourth-order valence-electron chi connectivity index (χ4n) is 5.61. The molecule has 0 aliphatic carbocycles. The highest BCUT2D eigenvalue weighted by molar-refractivity contribution is 7.53. The normalized spacial score (nSPS) is 17.6. The van der Waals surface area contributed by atoms with E-state index in [-0.39, 0.29) is 63.2 Å². The molecule has 14 heteroatoms. The molecule has 252 valence electrons.